The Morgan fingerprint density at radius 3 is 2.52 bits per heavy atom. The maximum Gasteiger partial charge on any atom is 0.407 e. The molecule has 1 aromatic carbocycles. The van der Waals surface area contributed by atoms with Crippen molar-refractivity contribution in [2.24, 2.45) is 0 Å². The fraction of sp³-hybridized carbons (Fsp3) is 0.611. The van der Waals surface area contributed by atoms with Gasteiger partial charge in [0.05, 0.1) is 12.6 Å². The van der Waals surface area contributed by atoms with Gasteiger partial charge in [-0.2, -0.15) is 0 Å². The smallest absolute Gasteiger partial charge is 0.407 e. The summed E-state index contributed by atoms with van der Waals surface area (Å²) in [6.07, 6.45) is 0.00829. The molecule has 2 rings (SSSR count). The van der Waals surface area contributed by atoms with E-state index in [9.17, 15) is 4.79 Å². The highest BCUT2D eigenvalue weighted by Gasteiger charge is 2.38. The second-order valence-corrected chi connectivity index (χ2v) is 7.31. The number of hydrogen-bond acceptors (Lipinski definition) is 4. The van der Waals surface area contributed by atoms with Gasteiger partial charge in [0.15, 0.2) is 5.79 Å². The van der Waals surface area contributed by atoms with Crippen LogP contribution in [0.5, 0.6) is 0 Å². The molecular formula is C18H27NO4. The first kappa shape index (κ1) is 17.8. The minimum absolute atomic E-state index is 0.210. The molecule has 5 heteroatoms. The predicted octanol–water partition coefficient (Wildman–Crippen LogP) is 3.27. The van der Waals surface area contributed by atoms with Crippen LogP contribution in [0.1, 0.15) is 40.2 Å². The van der Waals surface area contributed by atoms with Crippen LogP contribution in [0.2, 0.25) is 0 Å². The number of nitrogens with one attached hydrogen (secondary N) is 1. The largest absolute Gasteiger partial charge is 0.444 e. The first-order valence-corrected chi connectivity index (χ1v) is 8.00. The molecule has 23 heavy (non-hydrogen) atoms. The van der Waals surface area contributed by atoms with Crippen molar-refractivity contribution in [2.75, 3.05) is 6.61 Å². The number of ether oxygens (including phenoxy) is 3. The van der Waals surface area contributed by atoms with Gasteiger partial charge in [0.1, 0.15) is 11.7 Å². The average Bonchev–Trinajstić information content (AvgIpc) is 2.77. The van der Waals surface area contributed by atoms with Crippen molar-refractivity contribution in [1.82, 2.24) is 5.32 Å². The van der Waals surface area contributed by atoms with Crippen LogP contribution in [-0.4, -0.2) is 36.2 Å². The molecule has 128 valence electrons. The molecular weight excluding hydrogens is 294 g/mol. The molecule has 5 nitrogen and oxygen atoms in total. The van der Waals surface area contributed by atoms with Crippen LogP contribution < -0.4 is 5.32 Å². The van der Waals surface area contributed by atoms with Crippen LogP contribution in [-0.2, 0) is 20.6 Å². The van der Waals surface area contributed by atoms with Crippen molar-refractivity contribution >= 4 is 6.09 Å². The van der Waals surface area contributed by atoms with E-state index in [-0.39, 0.29) is 12.1 Å². The quantitative estimate of drug-likeness (QED) is 0.924. The normalized spacial score (nSPS) is 21.7. The van der Waals surface area contributed by atoms with E-state index in [0.717, 1.165) is 5.56 Å². The van der Waals surface area contributed by atoms with E-state index >= 15 is 0 Å². The van der Waals surface area contributed by atoms with E-state index in [4.69, 9.17) is 14.2 Å². The maximum atomic E-state index is 12.1. The third-order valence-corrected chi connectivity index (χ3v) is 3.48. The van der Waals surface area contributed by atoms with Crippen molar-refractivity contribution in [1.29, 1.82) is 0 Å². The van der Waals surface area contributed by atoms with Gasteiger partial charge in [-0.25, -0.2) is 4.79 Å². The summed E-state index contributed by atoms with van der Waals surface area (Å²) < 4.78 is 16.9. The predicted molar refractivity (Wildman–Crippen MR) is 88.2 cm³/mol. The second kappa shape index (κ2) is 6.89. The lowest BCUT2D eigenvalue weighted by Crippen LogP contribution is -2.48. The summed E-state index contributed by atoms with van der Waals surface area (Å²) in [6.45, 7) is 9.73. The van der Waals surface area contributed by atoms with Crippen LogP contribution in [0, 0.1) is 0 Å². The number of benzene rings is 1. The van der Waals surface area contributed by atoms with E-state index in [1.807, 2.05) is 65.0 Å². The number of rotatable bonds is 4. The Kier molecular flexibility index (Phi) is 5.32. The van der Waals surface area contributed by atoms with Gasteiger partial charge in [-0.1, -0.05) is 30.3 Å². The summed E-state index contributed by atoms with van der Waals surface area (Å²) in [5.41, 5.74) is 0.593. The van der Waals surface area contributed by atoms with Crippen LogP contribution in [0.25, 0.3) is 0 Å². The maximum absolute atomic E-state index is 12.1. The monoisotopic (exact) mass is 321 g/mol. The number of amides is 1. The third-order valence-electron chi connectivity index (χ3n) is 3.48. The Hall–Kier alpha value is -1.59. The molecule has 0 aromatic heterocycles. The van der Waals surface area contributed by atoms with Gasteiger partial charge in [0.25, 0.3) is 0 Å². The van der Waals surface area contributed by atoms with Crippen LogP contribution in [0.4, 0.5) is 4.79 Å². The van der Waals surface area contributed by atoms with Crippen molar-refractivity contribution in [2.45, 2.75) is 64.6 Å². The Labute approximate surface area is 138 Å². The first-order valence-electron chi connectivity index (χ1n) is 8.00. The third kappa shape index (κ3) is 5.84. The van der Waals surface area contributed by atoms with E-state index in [1.54, 1.807) is 0 Å². The summed E-state index contributed by atoms with van der Waals surface area (Å²) in [4.78, 5) is 12.1. The Balaban J connectivity index is 2.07. The summed E-state index contributed by atoms with van der Waals surface area (Å²) in [6, 6.07) is 9.79. The molecule has 0 saturated carbocycles. The first-order chi connectivity index (χ1) is 10.6. The lowest BCUT2D eigenvalue weighted by atomic mass is 10.0. The summed E-state index contributed by atoms with van der Waals surface area (Å²) in [5, 5.41) is 2.94. The molecule has 0 aliphatic carbocycles. The number of carbonyl (C=O) groups is 1. The van der Waals surface area contributed by atoms with Gasteiger partial charge in [-0.05, 0) is 46.6 Å². The summed E-state index contributed by atoms with van der Waals surface area (Å²) >= 11 is 0. The van der Waals surface area contributed by atoms with Gasteiger partial charge in [0, 0.05) is 0 Å². The highest BCUT2D eigenvalue weighted by molar-refractivity contribution is 5.68. The summed E-state index contributed by atoms with van der Waals surface area (Å²) in [5.74, 6) is -0.630. The van der Waals surface area contributed by atoms with E-state index in [0.29, 0.717) is 13.0 Å². The van der Waals surface area contributed by atoms with Crippen LogP contribution in [0.3, 0.4) is 0 Å². The molecule has 1 amide bonds. The molecule has 0 bridgehead atoms. The molecule has 0 unspecified atom stereocenters. The van der Waals surface area contributed by atoms with Crippen molar-refractivity contribution in [3.8, 4) is 0 Å². The minimum atomic E-state index is -0.630. The molecule has 1 fully saturated rings. The SMILES string of the molecule is CC(C)(C)OC(=O)N[C@@H](Cc1ccccc1)[C@@H]1COC(C)(C)O1. The Bertz CT molecular complexity index is 522. The molecule has 0 radical (unpaired) electrons. The zero-order chi connectivity index (χ0) is 17.1. The molecule has 1 N–H and O–H groups in total. The lowest BCUT2D eigenvalue weighted by molar-refractivity contribution is -0.141. The van der Waals surface area contributed by atoms with Crippen LogP contribution in [0.15, 0.2) is 30.3 Å². The zero-order valence-electron chi connectivity index (χ0n) is 14.6. The standard InChI is InChI=1S/C18H27NO4/c1-17(2,3)23-16(20)19-14(11-13-9-7-6-8-10-13)15-12-21-18(4,5)22-15/h6-10,14-15H,11-12H2,1-5H3,(H,19,20)/t14-,15-/m0/s1. The zero-order valence-corrected chi connectivity index (χ0v) is 14.6. The highest BCUT2D eigenvalue weighted by Crippen LogP contribution is 2.25. The number of alkyl carbamates (subject to hydrolysis) is 1. The topological polar surface area (TPSA) is 56.8 Å². The summed E-state index contributed by atoms with van der Waals surface area (Å²) in [7, 11) is 0. The highest BCUT2D eigenvalue weighted by atomic mass is 16.7. The molecule has 1 aliphatic heterocycles. The average molecular weight is 321 g/mol. The van der Waals surface area contributed by atoms with Crippen LogP contribution >= 0.6 is 0 Å². The van der Waals surface area contributed by atoms with E-state index in [2.05, 4.69) is 5.32 Å². The molecule has 2 atom stereocenters. The second-order valence-electron chi connectivity index (χ2n) is 7.31. The van der Waals surface area contributed by atoms with E-state index < -0.39 is 17.5 Å². The van der Waals surface area contributed by atoms with Gasteiger partial charge in [-0.3, -0.25) is 0 Å². The van der Waals surface area contributed by atoms with Crippen molar-refractivity contribution in [3.63, 3.8) is 0 Å². The fourth-order valence-electron chi connectivity index (χ4n) is 2.52. The Morgan fingerprint density at radius 1 is 1.35 bits per heavy atom. The van der Waals surface area contributed by atoms with Gasteiger partial charge in [0.2, 0.25) is 0 Å². The lowest BCUT2D eigenvalue weighted by Gasteiger charge is -2.27. The van der Waals surface area contributed by atoms with Crippen molar-refractivity contribution in [3.05, 3.63) is 35.9 Å². The van der Waals surface area contributed by atoms with Gasteiger partial charge >= 0.3 is 6.09 Å². The molecule has 1 aliphatic rings. The van der Waals surface area contributed by atoms with Crippen molar-refractivity contribution < 1.29 is 19.0 Å². The molecule has 1 saturated heterocycles. The van der Waals surface area contributed by atoms with Gasteiger partial charge in [-0.15, -0.1) is 0 Å². The number of carbonyl (C=O) groups excluding carboxylic acids is 1. The van der Waals surface area contributed by atoms with Gasteiger partial charge < -0.3 is 19.5 Å². The number of hydrogen-bond donors (Lipinski definition) is 1. The fourth-order valence-corrected chi connectivity index (χ4v) is 2.52. The molecule has 1 aromatic rings. The molecule has 1 heterocycles. The minimum Gasteiger partial charge on any atom is -0.444 e. The molecule has 0 spiro atoms. The van der Waals surface area contributed by atoms with E-state index in [1.165, 1.54) is 0 Å². The Morgan fingerprint density at radius 2 is 2.00 bits per heavy atom.